The second-order valence-electron chi connectivity index (χ2n) is 4.59. The number of carbonyl (C=O) groups is 3. The zero-order valence-electron chi connectivity index (χ0n) is 10.8. The van der Waals surface area contributed by atoms with Crippen molar-refractivity contribution in [1.82, 2.24) is 10.2 Å². The highest BCUT2D eigenvalue weighted by atomic mass is 19.1. The van der Waals surface area contributed by atoms with Crippen molar-refractivity contribution >= 4 is 17.8 Å². The maximum Gasteiger partial charge on any atom is 0.328 e. The number of carboxylic acids is 1. The third-order valence-corrected chi connectivity index (χ3v) is 3.14. The molecule has 1 atom stereocenters. The first-order chi connectivity index (χ1) is 9.88. The third kappa shape index (κ3) is 3.33. The van der Waals surface area contributed by atoms with E-state index in [-0.39, 0.29) is 12.1 Å². The molecule has 0 radical (unpaired) electrons. The van der Waals surface area contributed by atoms with Crippen molar-refractivity contribution in [2.45, 2.75) is 12.5 Å². The predicted molar refractivity (Wildman–Crippen MR) is 66.2 cm³/mol. The minimum atomic E-state index is -1.26. The Morgan fingerprint density at radius 3 is 2.71 bits per heavy atom. The van der Waals surface area contributed by atoms with Gasteiger partial charge in [0.1, 0.15) is 24.2 Å². The Kier molecular flexibility index (Phi) is 4.15. The van der Waals surface area contributed by atoms with Gasteiger partial charge in [-0.2, -0.15) is 0 Å². The van der Waals surface area contributed by atoms with Crippen LogP contribution in [0, 0.1) is 11.6 Å². The summed E-state index contributed by atoms with van der Waals surface area (Å²) in [6.45, 7) is -0.607. The van der Waals surface area contributed by atoms with Gasteiger partial charge in [-0.3, -0.25) is 9.59 Å². The summed E-state index contributed by atoms with van der Waals surface area (Å²) in [5, 5.41) is 11.4. The first-order valence-electron chi connectivity index (χ1n) is 6.11. The first kappa shape index (κ1) is 14.9. The van der Waals surface area contributed by atoms with Gasteiger partial charge in [0, 0.05) is 12.6 Å². The van der Waals surface area contributed by atoms with E-state index in [1.54, 1.807) is 0 Å². The normalized spacial score (nSPS) is 18.3. The van der Waals surface area contributed by atoms with Crippen LogP contribution in [0.15, 0.2) is 18.2 Å². The fraction of sp³-hybridized carbons (Fsp3) is 0.308. The lowest BCUT2D eigenvalue weighted by atomic mass is 10.1. The molecule has 0 spiro atoms. The number of carbonyl (C=O) groups excluding carboxylic acids is 2. The van der Waals surface area contributed by atoms with Gasteiger partial charge in [-0.05, 0) is 11.6 Å². The lowest BCUT2D eigenvalue weighted by Crippen LogP contribution is -2.59. The van der Waals surface area contributed by atoms with Gasteiger partial charge < -0.3 is 15.3 Å². The molecule has 0 aliphatic carbocycles. The highest BCUT2D eigenvalue weighted by Crippen LogP contribution is 2.13. The number of piperazine rings is 1. The highest BCUT2D eigenvalue weighted by molar-refractivity contribution is 5.91. The van der Waals surface area contributed by atoms with E-state index in [9.17, 15) is 23.2 Å². The number of aliphatic carboxylic acids is 1. The van der Waals surface area contributed by atoms with E-state index >= 15 is 0 Å². The smallest absolute Gasteiger partial charge is 0.328 e. The molecule has 2 rings (SSSR count). The Balaban J connectivity index is 2.17. The van der Waals surface area contributed by atoms with E-state index in [4.69, 9.17) is 5.11 Å². The molecule has 0 bridgehead atoms. The predicted octanol–water partition coefficient (Wildman–Crippen LogP) is -0.0811. The lowest BCUT2D eigenvalue weighted by Gasteiger charge is -2.32. The van der Waals surface area contributed by atoms with Gasteiger partial charge in [0.25, 0.3) is 0 Å². The van der Waals surface area contributed by atoms with Gasteiger partial charge >= 0.3 is 5.97 Å². The molecule has 1 aromatic rings. The Hall–Kier alpha value is -2.51. The minimum Gasteiger partial charge on any atom is -0.480 e. The van der Waals surface area contributed by atoms with Gasteiger partial charge in [-0.1, -0.05) is 6.07 Å². The molecule has 6 nitrogen and oxygen atoms in total. The molecule has 2 amide bonds. The molecule has 2 N–H and O–H groups in total. The van der Waals surface area contributed by atoms with Gasteiger partial charge in [0.05, 0.1) is 6.42 Å². The molecule has 21 heavy (non-hydrogen) atoms. The molecule has 0 saturated carbocycles. The molecule has 8 heteroatoms. The Labute approximate surface area is 118 Å². The van der Waals surface area contributed by atoms with Crippen molar-refractivity contribution in [3.05, 3.63) is 35.4 Å². The standard InChI is InChI=1S/C13H12F2N2O4/c14-8-2-1-7(9(15)4-8)3-12(19)17-6-11(18)16-5-10(17)13(20)21/h1-2,4,10H,3,5-6H2,(H,16,18)(H,20,21). The monoisotopic (exact) mass is 298 g/mol. The molecule has 1 fully saturated rings. The van der Waals surface area contributed by atoms with Crippen LogP contribution in [-0.2, 0) is 20.8 Å². The van der Waals surface area contributed by atoms with Crippen LogP contribution in [0.3, 0.4) is 0 Å². The topological polar surface area (TPSA) is 86.7 Å². The summed E-state index contributed by atoms with van der Waals surface area (Å²) < 4.78 is 26.3. The number of hydrogen-bond acceptors (Lipinski definition) is 3. The van der Waals surface area contributed by atoms with Crippen LogP contribution in [-0.4, -0.2) is 46.9 Å². The third-order valence-electron chi connectivity index (χ3n) is 3.14. The van der Waals surface area contributed by atoms with Gasteiger partial charge in [0.15, 0.2) is 0 Å². The van der Waals surface area contributed by atoms with E-state index in [2.05, 4.69) is 5.32 Å². The second kappa shape index (κ2) is 5.86. The van der Waals surface area contributed by atoms with Crippen LogP contribution >= 0.6 is 0 Å². The summed E-state index contributed by atoms with van der Waals surface area (Å²) in [5.74, 6) is -4.12. The number of nitrogens with zero attached hydrogens (tertiary/aromatic N) is 1. The summed E-state index contributed by atoms with van der Waals surface area (Å²) in [7, 11) is 0. The summed E-state index contributed by atoms with van der Waals surface area (Å²) in [5.41, 5.74) is -0.0588. The Morgan fingerprint density at radius 1 is 1.38 bits per heavy atom. The molecular weight excluding hydrogens is 286 g/mol. The van der Waals surface area contributed by atoms with Crippen LogP contribution in [0.5, 0.6) is 0 Å². The molecule has 1 saturated heterocycles. The van der Waals surface area contributed by atoms with Crippen LogP contribution in [0.2, 0.25) is 0 Å². The maximum absolute atomic E-state index is 13.5. The molecule has 1 heterocycles. The molecule has 112 valence electrons. The number of rotatable bonds is 3. The van der Waals surface area contributed by atoms with E-state index in [1.165, 1.54) is 0 Å². The van der Waals surface area contributed by atoms with Crippen LogP contribution in [0.4, 0.5) is 8.78 Å². The van der Waals surface area contributed by atoms with Crippen molar-refractivity contribution < 1.29 is 28.3 Å². The van der Waals surface area contributed by atoms with Crippen molar-refractivity contribution in [2.75, 3.05) is 13.1 Å². The largest absolute Gasteiger partial charge is 0.480 e. The highest BCUT2D eigenvalue weighted by Gasteiger charge is 2.35. The second-order valence-corrected chi connectivity index (χ2v) is 4.59. The van der Waals surface area contributed by atoms with Crippen molar-refractivity contribution in [3.63, 3.8) is 0 Å². The maximum atomic E-state index is 13.5. The summed E-state index contributed by atoms with van der Waals surface area (Å²) in [6.07, 6.45) is -0.441. The molecule has 1 unspecified atom stereocenters. The van der Waals surface area contributed by atoms with Crippen molar-refractivity contribution in [2.24, 2.45) is 0 Å². The van der Waals surface area contributed by atoms with Crippen LogP contribution < -0.4 is 5.32 Å². The van der Waals surface area contributed by atoms with Crippen molar-refractivity contribution in [1.29, 1.82) is 0 Å². The van der Waals surface area contributed by atoms with Gasteiger partial charge in [0.2, 0.25) is 11.8 Å². The molecule has 1 aliphatic heterocycles. The first-order valence-corrected chi connectivity index (χ1v) is 6.11. The van der Waals surface area contributed by atoms with E-state index in [1.807, 2.05) is 0 Å². The van der Waals surface area contributed by atoms with E-state index < -0.39 is 48.4 Å². The average molecular weight is 298 g/mol. The van der Waals surface area contributed by atoms with Crippen LogP contribution in [0.1, 0.15) is 5.56 Å². The number of carboxylic acid groups (broad SMARTS) is 1. The number of halogens is 2. The van der Waals surface area contributed by atoms with E-state index in [0.717, 1.165) is 17.0 Å². The number of nitrogens with one attached hydrogen (secondary N) is 1. The fourth-order valence-electron chi connectivity index (χ4n) is 2.05. The van der Waals surface area contributed by atoms with Gasteiger partial charge in [-0.15, -0.1) is 0 Å². The van der Waals surface area contributed by atoms with E-state index in [0.29, 0.717) is 6.07 Å². The summed E-state index contributed by atoms with van der Waals surface area (Å²) >= 11 is 0. The molecule has 1 aliphatic rings. The summed E-state index contributed by atoms with van der Waals surface area (Å²) in [6, 6.07) is 1.56. The molecule has 1 aromatic carbocycles. The summed E-state index contributed by atoms with van der Waals surface area (Å²) in [4.78, 5) is 35.3. The number of hydrogen-bond donors (Lipinski definition) is 2. The quantitative estimate of drug-likeness (QED) is 0.817. The zero-order chi connectivity index (χ0) is 15.6. The zero-order valence-corrected chi connectivity index (χ0v) is 10.8. The van der Waals surface area contributed by atoms with Crippen LogP contribution in [0.25, 0.3) is 0 Å². The average Bonchev–Trinajstić information content (AvgIpc) is 2.41. The number of benzene rings is 1. The minimum absolute atomic E-state index is 0.0588. The van der Waals surface area contributed by atoms with Crippen molar-refractivity contribution in [3.8, 4) is 0 Å². The fourth-order valence-corrected chi connectivity index (χ4v) is 2.05. The Bertz CT molecular complexity index is 606. The molecule has 0 aromatic heterocycles. The lowest BCUT2D eigenvalue weighted by molar-refractivity contribution is -0.153. The number of amides is 2. The SMILES string of the molecule is O=C1CN(C(=O)Cc2ccc(F)cc2F)C(C(=O)O)CN1. The molecular formula is C13H12F2N2O4. The Morgan fingerprint density at radius 2 is 2.10 bits per heavy atom. The van der Waals surface area contributed by atoms with Gasteiger partial charge in [-0.25, -0.2) is 13.6 Å².